The topological polar surface area (TPSA) is 78.5 Å². The highest BCUT2D eigenvalue weighted by Gasteiger charge is 2.47. The van der Waals surface area contributed by atoms with Crippen molar-refractivity contribution in [2.45, 2.75) is 32.2 Å². The highest BCUT2D eigenvalue weighted by atomic mass is 16.2. The quantitative estimate of drug-likeness (QED) is 0.458. The average molecular weight is 301 g/mol. The highest BCUT2D eigenvalue weighted by molar-refractivity contribution is 6.09. The Morgan fingerprint density at radius 1 is 1.41 bits per heavy atom. The van der Waals surface area contributed by atoms with Crippen molar-refractivity contribution in [1.29, 1.82) is 0 Å². The van der Waals surface area contributed by atoms with Gasteiger partial charge in [-0.1, -0.05) is 30.1 Å². The Bertz CT molecular complexity index is 624. The van der Waals surface area contributed by atoms with Crippen molar-refractivity contribution in [1.82, 2.24) is 15.5 Å². The number of urea groups is 1. The Labute approximate surface area is 129 Å². The minimum Gasteiger partial charge on any atom is -0.339 e. The molecular weight excluding hydrogens is 282 g/mol. The molecule has 0 saturated carbocycles. The molecule has 0 aliphatic carbocycles. The number of amides is 4. The summed E-state index contributed by atoms with van der Waals surface area (Å²) in [5, 5.41) is 4.76. The summed E-state index contributed by atoms with van der Waals surface area (Å²) in [6.45, 7) is 4.37. The molecule has 4 amide bonds. The number of hydrogen-bond donors (Lipinski definition) is 2. The summed E-state index contributed by atoms with van der Waals surface area (Å²) < 4.78 is 0. The van der Waals surface area contributed by atoms with Crippen LogP contribution < -0.4 is 10.6 Å². The molecule has 0 radical (unpaired) electrons. The van der Waals surface area contributed by atoms with Crippen molar-refractivity contribution in [3.8, 4) is 11.8 Å². The molecule has 6 heteroatoms. The molecule has 2 saturated heterocycles. The predicted octanol–water partition coefficient (Wildman–Crippen LogP) is 0.713. The molecule has 2 N–H and O–H groups in total. The summed E-state index contributed by atoms with van der Waals surface area (Å²) in [4.78, 5) is 37.0. The van der Waals surface area contributed by atoms with Crippen LogP contribution >= 0.6 is 0 Å². The second kappa shape index (κ2) is 6.48. The maximum absolute atomic E-state index is 12.2. The summed E-state index contributed by atoms with van der Waals surface area (Å²) >= 11 is 0. The molecule has 2 aliphatic rings. The molecular formula is C16H19N3O3. The smallest absolute Gasteiger partial charge is 0.323 e. The Morgan fingerprint density at radius 3 is 2.73 bits per heavy atom. The Kier molecular flexibility index (Phi) is 4.66. The maximum Gasteiger partial charge on any atom is 0.323 e. The van der Waals surface area contributed by atoms with E-state index in [-0.39, 0.29) is 12.5 Å². The molecule has 2 aliphatic heterocycles. The van der Waals surface area contributed by atoms with E-state index in [0.717, 1.165) is 12.0 Å². The first kappa shape index (κ1) is 15.8. The second-order valence-electron chi connectivity index (χ2n) is 5.36. The normalized spacial score (nSPS) is 25.3. The molecule has 1 unspecified atom stereocenters. The van der Waals surface area contributed by atoms with E-state index in [0.29, 0.717) is 13.0 Å². The van der Waals surface area contributed by atoms with E-state index in [1.165, 1.54) is 0 Å². The standard InChI is InChI=1S/C16H19N3O3/c1-3-4-6-12(2)8-9-16(14(21)17-15(22)18-16)11-19-10-5-7-13(19)20/h3-4,6H,5,7,10-11H2,1-2H3,(H2,17,18,21,22)/b4-3-,12-6+. The van der Waals surface area contributed by atoms with E-state index in [9.17, 15) is 14.4 Å². The van der Waals surface area contributed by atoms with Gasteiger partial charge in [0.2, 0.25) is 11.4 Å². The minimum atomic E-state index is -1.37. The zero-order valence-corrected chi connectivity index (χ0v) is 12.7. The van der Waals surface area contributed by atoms with Gasteiger partial charge in [0.25, 0.3) is 5.91 Å². The summed E-state index contributed by atoms with van der Waals surface area (Å²) in [6, 6.07) is -0.582. The van der Waals surface area contributed by atoms with Crippen LogP contribution in [0.15, 0.2) is 23.8 Å². The number of carbonyl (C=O) groups is 3. The Hall–Kier alpha value is -2.55. The number of rotatable bonds is 3. The summed E-state index contributed by atoms with van der Waals surface area (Å²) in [5.41, 5.74) is -0.610. The first-order valence-electron chi connectivity index (χ1n) is 7.21. The fraction of sp³-hybridized carbons (Fsp3) is 0.438. The fourth-order valence-electron chi connectivity index (χ4n) is 2.38. The number of nitrogens with one attached hydrogen (secondary N) is 2. The van der Waals surface area contributed by atoms with Gasteiger partial charge in [-0.15, -0.1) is 0 Å². The molecule has 2 heterocycles. The molecule has 0 bridgehead atoms. The lowest BCUT2D eigenvalue weighted by molar-refractivity contribution is -0.129. The van der Waals surface area contributed by atoms with Crippen molar-refractivity contribution >= 4 is 17.8 Å². The van der Waals surface area contributed by atoms with Crippen molar-refractivity contribution < 1.29 is 14.4 Å². The average Bonchev–Trinajstić information content (AvgIpc) is 2.99. The van der Waals surface area contributed by atoms with Crippen LogP contribution in [-0.4, -0.2) is 41.4 Å². The number of likely N-dealkylation sites (tertiary alicyclic amines) is 1. The second-order valence-corrected chi connectivity index (χ2v) is 5.36. The van der Waals surface area contributed by atoms with Gasteiger partial charge in [-0.2, -0.15) is 0 Å². The van der Waals surface area contributed by atoms with Gasteiger partial charge < -0.3 is 10.2 Å². The summed E-state index contributed by atoms with van der Waals surface area (Å²) in [7, 11) is 0. The van der Waals surface area contributed by atoms with E-state index in [1.807, 2.05) is 32.1 Å². The van der Waals surface area contributed by atoms with Crippen molar-refractivity contribution in [3.63, 3.8) is 0 Å². The van der Waals surface area contributed by atoms with Gasteiger partial charge in [-0.05, 0) is 25.8 Å². The molecule has 1 atom stereocenters. The van der Waals surface area contributed by atoms with Crippen LogP contribution in [0.3, 0.4) is 0 Å². The fourth-order valence-corrected chi connectivity index (χ4v) is 2.38. The van der Waals surface area contributed by atoms with Gasteiger partial charge in [0, 0.05) is 13.0 Å². The van der Waals surface area contributed by atoms with Crippen molar-refractivity contribution in [2.24, 2.45) is 0 Å². The third kappa shape index (κ3) is 3.37. The van der Waals surface area contributed by atoms with Crippen LogP contribution in [0.25, 0.3) is 0 Å². The van der Waals surface area contributed by atoms with E-state index >= 15 is 0 Å². The number of hydrogen-bond acceptors (Lipinski definition) is 3. The molecule has 0 aromatic rings. The zero-order chi connectivity index (χ0) is 16.2. The molecule has 2 fully saturated rings. The van der Waals surface area contributed by atoms with Crippen molar-refractivity contribution in [3.05, 3.63) is 23.8 Å². The SMILES string of the molecule is C/C=C\C=C(/C)C#CC1(CN2CCCC2=O)NC(=O)NC1=O. The van der Waals surface area contributed by atoms with E-state index in [4.69, 9.17) is 0 Å². The van der Waals surface area contributed by atoms with Crippen LogP contribution in [0.1, 0.15) is 26.7 Å². The Balaban J connectivity index is 2.27. The molecule has 116 valence electrons. The van der Waals surface area contributed by atoms with E-state index in [2.05, 4.69) is 22.5 Å². The lowest BCUT2D eigenvalue weighted by Gasteiger charge is -2.26. The molecule has 0 aromatic carbocycles. The molecule has 22 heavy (non-hydrogen) atoms. The van der Waals surface area contributed by atoms with Gasteiger partial charge >= 0.3 is 6.03 Å². The van der Waals surface area contributed by atoms with Crippen LogP contribution in [0.5, 0.6) is 0 Å². The molecule has 0 aromatic heterocycles. The van der Waals surface area contributed by atoms with Gasteiger partial charge in [0.1, 0.15) is 0 Å². The number of nitrogens with zero attached hydrogens (tertiary/aromatic N) is 1. The van der Waals surface area contributed by atoms with Crippen LogP contribution in [0.4, 0.5) is 4.79 Å². The van der Waals surface area contributed by atoms with Gasteiger partial charge in [-0.3, -0.25) is 14.9 Å². The predicted molar refractivity (Wildman–Crippen MR) is 81.6 cm³/mol. The van der Waals surface area contributed by atoms with Gasteiger partial charge in [0.05, 0.1) is 6.54 Å². The monoisotopic (exact) mass is 301 g/mol. The molecule has 6 nitrogen and oxygen atoms in total. The summed E-state index contributed by atoms with van der Waals surface area (Å²) in [5.74, 6) is 5.20. The summed E-state index contributed by atoms with van der Waals surface area (Å²) in [6.07, 6.45) is 6.76. The van der Waals surface area contributed by atoms with Crippen molar-refractivity contribution in [2.75, 3.05) is 13.1 Å². The number of imide groups is 1. The van der Waals surface area contributed by atoms with Gasteiger partial charge in [-0.25, -0.2) is 4.79 Å². The third-order valence-electron chi connectivity index (χ3n) is 3.55. The number of carbonyl (C=O) groups excluding carboxylic acids is 3. The first-order valence-corrected chi connectivity index (χ1v) is 7.21. The zero-order valence-electron chi connectivity index (χ0n) is 12.7. The lowest BCUT2D eigenvalue weighted by atomic mass is 9.99. The third-order valence-corrected chi connectivity index (χ3v) is 3.55. The highest BCUT2D eigenvalue weighted by Crippen LogP contribution is 2.17. The largest absolute Gasteiger partial charge is 0.339 e. The van der Waals surface area contributed by atoms with Crippen LogP contribution in [0.2, 0.25) is 0 Å². The van der Waals surface area contributed by atoms with Crippen LogP contribution in [0, 0.1) is 11.8 Å². The molecule has 2 rings (SSSR count). The lowest BCUT2D eigenvalue weighted by Crippen LogP contribution is -2.54. The first-order chi connectivity index (χ1) is 10.5. The van der Waals surface area contributed by atoms with E-state index in [1.54, 1.807) is 4.90 Å². The maximum atomic E-state index is 12.2. The minimum absolute atomic E-state index is 0.0173. The van der Waals surface area contributed by atoms with E-state index < -0.39 is 17.5 Å². The Morgan fingerprint density at radius 2 is 2.18 bits per heavy atom. The van der Waals surface area contributed by atoms with Crippen LogP contribution in [-0.2, 0) is 9.59 Å². The van der Waals surface area contributed by atoms with Gasteiger partial charge in [0.15, 0.2) is 0 Å². The molecule has 0 spiro atoms. The number of allylic oxidation sites excluding steroid dienone is 4.